The monoisotopic (exact) mass is 397 g/mol. The van der Waals surface area contributed by atoms with E-state index < -0.39 is 0 Å². The van der Waals surface area contributed by atoms with Crippen LogP contribution in [-0.4, -0.2) is 0 Å². The number of rotatable bonds is 5. The lowest BCUT2D eigenvalue weighted by Gasteiger charge is -2.09. The van der Waals surface area contributed by atoms with Gasteiger partial charge in [0.2, 0.25) is 0 Å². The molecule has 5 aromatic carbocycles. The molecule has 0 saturated carbocycles. The lowest BCUT2D eigenvalue weighted by atomic mass is 9.98. The summed E-state index contributed by atoms with van der Waals surface area (Å²) in [6.45, 7) is 0. The predicted octanol–water partition coefficient (Wildman–Crippen LogP) is 8.43. The molecule has 0 heterocycles. The molecule has 1 N–H and O–H groups in total. The van der Waals surface area contributed by atoms with E-state index in [9.17, 15) is 0 Å². The van der Waals surface area contributed by atoms with Crippen molar-refractivity contribution in [1.82, 2.24) is 0 Å². The molecule has 0 spiro atoms. The maximum absolute atomic E-state index is 3.43. The van der Waals surface area contributed by atoms with Crippen LogP contribution in [0.25, 0.3) is 33.4 Å². The Morgan fingerprint density at radius 2 is 0.548 bits per heavy atom. The SMILES string of the molecule is c1ccc(Nc2ccc(-c3ccc(-c4ccc(-c5ccccc5)cc4)cc3)cc2)cc1. The largest absolute Gasteiger partial charge is 0.356 e. The first-order valence-corrected chi connectivity index (χ1v) is 10.5. The van der Waals surface area contributed by atoms with E-state index in [0.29, 0.717) is 0 Å². The average Bonchev–Trinajstić information content (AvgIpc) is 2.86. The van der Waals surface area contributed by atoms with Crippen LogP contribution in [0, 0.1) is 0 Å². The fourth-order valence-electron chi connectivity index (χ4n) is 3.78. The van der Waals surface area contributed by atoms with Crippen LogP contribution in [0.5, 0.6) is 0 Å². The quantitative estimate of drug-likeness (QED) is 0.314. The van der Waals surface area contributed by atoms with Crippen LogP contribution < -0.4 is 5.32 Å². The molecule has 0 atom stereocenters. The Labute approximate surface area is 183 Å². The molecule has 1 heteroatoms. The lowest BCUT2D eigenvalue weighted by Crippen LogP contribution is -1.89. The average molecular weight is 398 g/mol. The fourth-order valence-corrected chi connectivity index (χ4v) is 3.78. The molecule has 0 aliphatic rings. The van der Waals surface area contributed by atoms with Crippen molar-refractivity contribution < 1.29 is 0 Å². The highest BCUT2D eigenvalue weighted by molar-refractivity contribution is 5.74. The maximum Gasteiger partial charge on any atom is 0.0384 e. The van der Waals surface area contributed by atoms with Gasteiger partial charge in [-0.2, -0.15) is 0 Å². The highest BCUT2D eigenvalue weighted by Crippen LogP contribution is 2.28. The molecule has 0 radical (unpaired) electrons. The zero-order valence-electron chi connectivity index (χ0n) is 17.2. The van der Waals surface area contributed by atoms with E-state index in [1.54, 1.807) is 0 Å². The molecule has 5 rings (SSSR count). The van der Waals surface area contributed by atoms with Gasteiger partial charge in [0, 0.05) is 11.4 Å². The minimum atomic E-state index is 1.09. The molecule has 0 bridgehead atoms. The van der Waals surface area contributed by atoms with E-state index in [2.05, 4.69) is 115 Å². The molecule has 31 heavy (non-hydrogen) atoms. The second-order valence-corrected chi connectivity index (χ2v) is 7.59. The van der Waals surface area contributed by atoms with E-state index >= 15 is 0 Å². The van der Waals surface area contributed by atoms with Gasteiger partial charge < -0.3 is 5.32 Å². The van der Waals surface area contributed by atoms with Crippen LogP contribution >= 0.6 is 0 Å². The lowest BCUT2D eigenvalue weighted by molar-refractivity contribution is 1.54. The van der Waals surface area contributed by atoms with Crippen molar-refractivity contribution in [3.8, 4) is 33.4 Å². The molecule has 0 aliphatic carbocycles. The van der Waals surface area contributed by atoms with Gasteiger partial charge in [-0.15, -0.1) is 0 Å². The van der Waals surface area contributed by atoms with E-state index in [1.807, 2.05) is 24.3 Å². The summed E-state index contributed by atoms with van der Waals surface area (Å²) < 4.78 is 0. The van der Waals surface area contributed by atoms with Crippen molar-refractivity contribution >= 4 is 11.4 Å². The molecule has 148 valence electrons. The van der Waals surface area contributed by atoms with Crippen molar-refractivity contribution in [2.24, 2.45) is 0 Å². The van der Waals surface area contributed by atoms with Crippen LogP contribution in [0.15, 0.2) is 133 Å². The van der Waals surface area contributed by atoms with Gasteiger partial charge in [0.15, 0.2) is 0 Å². The fraction of sp³-hybridized carbons (Fsp3) is 0. The van der Waals surface area contributed by atoms with E-state index in [-0.39, 0.29) is 0 Å². The van der Waals surface area contributed by atoms with E-state index in [1.165, 1.54) is 33.4 Å². The predicted molar refractivity (Wildman–Crippen MR) is 132 cm³/mol. The first-order chi connectivity index (χ1) is 15.3. The van der Waals surface area contributed by atoms with Crippen molar-refractivity contribution in [1.29, 1.82) is 0 Å². The van der Waals surface area contributed by atoms with Gasteiger partial charge in [0.1, 0.15) is 0 Å². The first-order valence-electron chi connectivity index (χ1n) is 10.5. The standard InChI is InChI=1S/C30H23N/c1-3-7-23(8-4-1)24-11-13-25(14-12-24)26-15-17-27(18-16-26)28-19-21-30(22-20-28)31-29-9-5-2-6-10-29/h1-22,31H. The normalized spacial score (nSPS) is 10.6. The summed E-state index contributed by atoms with van der Waals surface area (Å²) >= 11 is 0. The van der Waals surface area contributed by atoms with Gasteiger partial charge in [-0.3, -0.25) is 0 Å². The van der Waals surface area contributed by atoms with Gasteiger partial charge in [0.05, 0.1) is 0 Å². The van der Waals surface area contributed by atoms with Gasteiger partial charge >= 0.3 is 0 Å². The van der Waals surface area contributed by atoms with Crippen LogP contribution in [0.3, 0.4) is 0 Å². The van der Waals surface area contributed by atoms with Gasteiger partial charge in [-0.1, -0.05) is 109 Å². The zero-order valence-corrected chi connectivity index (χ0v) is 17.2. The van der Waals surface area contributed by atoms with Gasteiger partial charge in [0.25, 0.3) is 0 Å². The minimum Gasteiger partial charge on any atom is -0.356 e. The smallest absolute Gasteiger partial charge is 0.0384 e. The summed E-state index contributed by atoms with van der Waals surface area (Å²) in [5.41, 5.74) is 9.56. The van der Waals surface area contributed by atoms with E-state index in [4.69, 9.17) is 0 Å². The van der Waals surface area contributed by atoms with Crippen molar-refractivity contribution in [3.05, 3.63) is 133 Å². The molecule has 0 aliphatic heterocycles. The summed E-state index contributed by atoms with van der Waals surface area (Å²) in [4.78, 5) is 0. The third kappa shape index (κ3) is 4.41. The van der Waals surface area contributed by atoms with Crippen LogP contribution in [0.4, 0.5) is 11.4 Å². The first kappa shape index (κ1) is 18.9. The third-order valence-electron chi connectivity index (χ3n) is 5.49. The number of nitrogens with one attached hydrogen (secondary N) is 1. The second-order valence-electron chi connectivity index (χ2n) is 7.59. The summed E-state index contributed by atoms with van der Waals surface area (Å²) in [5.74, 6) is 0. The molecule has 0 unspecified atom stereocenters. The summed E-state index contributed by atoms with van der Waals surface area (Å²) in [5, 5.41) is 3.43. The molecular weight excluding hydrogens is 374 g/mol. The van der Waals surface area contributed by atoms with Gasteiger partial charge in [-0.25, -0.2) is 0 Å². The minimum absolute atomic E-state index is 1.09. The highest BCUT2D eigenvalue weighted by Gasteiger charge is 2.03. The molecule has 1 nitrogen and oxygen atoms in total. The Balaban J connectivity index is 1.31. The zero-order chi connectivity index (χ0) is 20.9. The summed E-state index contributed by atoms with van der Waals surface area (Å²) in [6.07, 6.45) is 0. The number of benzene rings is 5. The Kier molecular flexibility index (Phi) is 5.32. The number of anilines is 2. The topological polar surface area (TPSA) is 12.0 Å². The van der Waals surface area contributed by atoms with Crippen LogP contribution in [-0.2, 0) is 0 Å². The number of hydrogen-bond donors (Lipinski definition) is 1. The second kappa shape index (κ2) is 8.73. The van der Waals surface area contributed by atoms with Crippen molar-refractivity contribution in [2.45, 2.75) is 0 Å². The molecule has 5 aromatic rings. The van der Waals surface area contributed by atoms with Crippen molar-refractivity contribution in [2.75, 3.05) is 5.32 Å². The third-order valence-corrected chi connectivity index (χ3v) is 5.49. The maximum atomic E-state index is 3.43. The Morgan fingerprint density at radius 3 is 0.968 bits per heavy atom. The summed E-state index contributed by atoms with van der Waals surface area (Å²) in [7, 11) is 0. The molecule has 0 amide bonds. The van der Waals surface area contributed by atoms with Crippen molar-refractivity contribution in [3.63, 3.8) is 0 Å². The Morgan fingerprint density at radius 1 is 0.258 bits per heavy atom. The molecule has 0 fully saturated rings. The molecular formula is C30H23N. The Hall–Kier alpha value is -4.10. The summed E-state index contributed by atoms with van der Waals surface area (Å²) in [6, 6.07) is 46.8. The molecule has 0 aromatic heterocycles. The number of hydrogen-bond acceptors (Lipinski definition) is 1. The van der Waals surface area contributed by atoms with Gasteiger partial charge in [-0.05, 0) is 57.6 Å². The molecule has 0 saturated heterocycles. The Bertz CT molecular complexity index is 1240. The highest BCUT2D eigenvalue weighted by atomic mass is 14.9. The van der Waals surface area contributed by atoms with Crippen LogP contribution in [0.1, 0.15) is 0 Å². The number of para-hydroxylation sites is 1. The van der Waals surface area contributed by atoms with E-state index in [0.717, 1.165) is 11.4 Å². The van der Waals surface area contributed by atoms with Crippen LogP contribution in [0.2, 0.25) is 0 Å².